The highest BCUT2D eigenvalue weighted by Gasteiger charge is 2.35. The van der Waals surface area contributed by atoms with Crippen LogP contribution in [0.3, 0.4) is 0 Å². The normalized spacial score (nSPS) is 10.7. The first-order valence-corrected chi connectivity index (χ1v) is 9.16. The quantitative estimate of drug-likeness (QED) is 0.282. The first-order valence-electron chi connectivity index (χ1n) is 9.16. The molecular weight excluding hydrogens is 380 g/mol. The lowest BCUT2D eigenvalue weighted by molar-refractivity contribution is -0.140. The van der Waals surface area contributed by atoms with Gasteiger partial charge in [-0.15, -0.1) is 0 Å². The van der Waals surface area contributed by atoms with Crippen LogP contribution in [-0.4, -0.2) is 28.9 Å². The van der Waals surface area contributed by atoms with Crippen molar-refractivity contribution in [3.63, 3.8) is 0 Å². The summed E-state index contributed by atoms with van der Waals surface area (Å²) in [4.78, 5) is 62.6. The largest absolute Gasteiger partial charge is 0.285 e. The summed E-state index contributed by atoms with van der Waals surface area (Å²) in [5.41, 5.74) is 0.0220. The van der Waals surface area contributed by atoms with Crippen molar-refractivity contribution in [2.24, 2.45) is 0 Å². The van der Waals surface area contributed by atoms with Crippen molar-refractivity contribution in [1.29, 1.82) is 0 Å². The van der Waals surface area contributed by atoms with E-state index in [1.165, 1.54) is 12.1 Å². The summed E-state index contributed by atoms with van der Waals surface area (Å²) in [5, 5.41) is 2.39. The Morgan fingerprint density at radius 2 is 0.767 bits per heavy atom. The molecule has 0 N–H and O–H groups in total. The standard InChI is InChI=1S/C25H14O5/c26-21(19-13-5-9-15-7-1-3-11-17(15)19)23(28)25(30)24(29)22(27)20-14-6-10-16-8-2-4-12-18(16)20/h1-14H. The maximum Gasteiger partial charge on any atom is 0.281 e. The van der Waals surface area contributed by atoms with Gasteiger partial charge in [0.1, 0.15) is 0 Å². The summed E-state index contributed by atoms with van der Waals surface area (Å²) in [5.74, 6) is -6.91. The van der Waals surface area contributed by atoms with Crippen LogP contribution >= 0.6 is 0 Å². The van der Waals surface area contributed by atoms with Crippen LogP contribution in [0.5, 0.6) is 0 Å². The second-order valence-electron chi connectivity index (χ2n) is 6.70. The van der Waals surface area contributed by atoms with Crippen LogP contribution in [0.15, 0.2) is 84.9 Å². The molecule has 0 radical (unpaired) electrons. The molecule has 0 fully saturated rings. The van der Waals surface area contributed by atoms with Crippen molar-refractivity contribution >= 4 is 50.5 Å². The zero-order valence-corrected chi connectivity index (χ0v) is 15.6. The van der Waals surface area contributed by atoms with Crippen LogP contribution < -0.4 is 0 Å². The Kier molecular flexibility index (Phi) is 4.86. The highest BCUT2D eigenvalue weighted by atomic mass is 16.2. The predicted molar refractivity (Wildman–Crippen MR) is 112 cm³/mol. The molecule has 4 aromatic carbocycles. The van der Waals surface area contributed by atoms with Gasteiger partial charge in [0.15, 0.2) is 0 Å². The van der Waals surface area contributed by atoms with Crippen molar-refractivity contribution in [1.82, 2.24) is 0 Å². The fourth-order valence-electron chi connectivity index (χ4n) is 3.40. The number of hydrogen-bond acceptors (Lipinski definition) is 5. The van der Waals surface area contributed by atoms with Crippen molar-refractivity contribution in [3.05, 3.63) is 96.1 Å². The van der Waals surface area contributed by atoms with Crippen molar-refractivity contribution in [3.8, 4) is 0 Å². The third-order valence-electron chi connectivity index (χ3n) is 4.89. The van der Waals surface area contributed by atoms with Gasteiger partial charge in [0.25, 0.3) is 17.3 Å². The molecule has 4 aromatic rings. The van der Waals surface area contributed by atoms with E-state index in [-0.39, 0.29) is 11.1 Å². The molecule has 0 aliphatic heterocycles. The monoisotopic (exact) mass is 394 g/mol. The van der Waals surface area contributed by atoms with Gasteiger partial charge in [-0.1, -0.05) is 84.9 Å². The third-order valence-corrected chi connectivity index (χ3v) is 4.89. The Morgan fingerprint density at radius 3 is 1.20 bits per heavy atom. The van der Waals surface area contributed by atoms with Gasteiger partial charge in [-0.2, -0.15) is 0 Å². The van der Waals surface area contributed by atoms with Crippen LogP contribution in [0.1, 0.15) is 20.7 Å². The van der Waals surface area contributed by atoms with E-state index >= 15 is 0 Å². The molecule has 0 bridgehead atoms. The topological polar surface area (TPSA) is 85.3 Å². The fourth-order valence-corrected chi connectivity index (χ4v) is 3.40. The van der Waals surface area contributed by atoms with Crippen molar-refractivity contribution < 1.29 is 24.0 Å². The van der Waals surface area contributed by atoms with Crippen LogP contribution in [-0.2, 0) is 14.4 Å². The van der Waals surface area contributed by atoms with Gasteiger partial charge in [0.05, 0.1) is 0 Å². The molecule has 0 spiro atoms. The van der Waals surface area contributed by atoms with Crippen molar-refractivity contribution in [2.75, 3.05) is 0 Å². The summed E-state index contributed by atoms with van der Waals surface area (Å²) < 4.78 is 0. The number of rotatable bonds is 6. The smallest absolute Gasteiger partial charge is 0.281 e. The van der Waals surface area contributed by atoms with E-state index in [0.29, 0.717) is 21.5 Å². The molecule has 0 aliphatic carbocycles. The van der Waals surface area contributed by atoms with Gasteiger partial charge < -0.3 is 0 Å². The van der Waals surface area contributed by atoms with Crippen LogP contribution in [0.4, 0.5) is 0 Å². The molecule has 0 heterocycles. The molecule has 0 aliphatic rings. The summed E-state index contributed by atoms with van der Waals surface area (Å²) in [7, 11) is 0. The van der Waals surface area contributed by atoms with Crippen LogP contribution in [0.25, 0.3) is 21.5 Å². The molecule has 0 amide bonds. The Labute approximate surface area is 170 Å². The first-order chi connectivity index (χ1) is 14.5. The number of carbonyl (C=O) groups is 5. The lowest BCUT2D eigenvalue weighted by Crippen LogP contribution is -2.35. The second kappa shape index (κ2) is 7.64. The average Bonchev–Trinajstić information content (AvgIpc) is 2.81. The summed E-state index contributed by atoms with van der Waals surface area (Å²) in [6, 6.07) is 23.2. The van der Waals surface area contributed by atoms with Gasteiger partial charge >= 0.3 is 0 Å². The van der Waals surface area contributed by atoms with E-state index in [9.17, 15) is 24.0 Å². The molecule has 0 unspecified atom stereocenters. The molecule has 0 atom stereocenters. The van der Waals surface area contributed by atoms with Crippen LogP contribution in [0, 0.1) is 0 Å². The van der Waals surface area contributed by atoms with E-state index < -0.39 is 28.9 Å². The Balaban J connectivity index is 1.65. The molecule has 30 heavy (non-hydrogen) atoms. The molecule has 144 valence electrons. The predicted octanol–water partition coefficient (Wildman–Crippen LogP) is 3.77. The lowest BCUT2D eigenvalue weighted by atomic mass is 9.94. The molecule has 5 nitrogen and oxygen atoms in total. The number of Topliss-reactive ketones (excluding diaryl/α,β-unsaturated/α-hetero) is 5. The second-order valence-corrected chi connectivity index (χ2v) is 6.70. The van der Waals surface area contributed by atoms with E-state index in [0.717, 1.165) is 0 Å². The van der Waals surface area contributed by atoms with Gasteiger partial charge in [-0.25, -0.2) is 0 Å². The van der Waals surface area contributed by atoms with Gasteiger partial charge in [0.2, 0.25) is 11.6 Å². The molecular formula is C25H14O5. The Hall–Kier alpha value is -4.25. The lowest BCUT2D eigenvalue weighted by Gasteiger charge is -2.06. The highest BCUT2D eigenvalue weighted by molar-refractivity contribution is 6.89. The molecule has 0 saturated carbocycles. The zero-order valence-electron chi connectivity index (χ0n) is 15.6. The number of hydrogen-bond donors (Lipinski definition) is 0. The Bertz CT molecular complexity index is 1260. The molecule has 0 saturated heterocycles. The van der Waals surface area contributed by atoms with Gasteiger partial charge in [-0.3, -0.25) is 24.0 Å². The fraction of sp³-hybridized carbons (Fsp3) is 0. The summed E-state index contributed by atoms with van der Waals surface area (Å²) in [6.45, 7) is 0. The zero-order chi connectivity index (χ0) is 21.3. The van der Waals surface area contributed by atoms with Crippen LogP contribution in [0.2, 0.25) is 0 Å². The number of carbonyl (C=O) groups excluding carboxylic acids is 5. The van der Waals surface area contributed by atoms with E-state index in [1.807, 2.05) is 0 Å². The minimum absolute atomic E-state index is 0.0110. The molecule has 0 aromatic heterocycles. The SMILES string of the molecule is O=C(C(=O)C(=O)c1cccc2ccccc12)C(=O)C(=O)c1cccc2ccccc12. The van der Waals surface area contributed by atoms with E-state index in [4.69, 9.17) is 0 Å². The van der Waals surface area contributed by atoms with Gasteiger partial charge in [0, 0.05) is 11.1 Å². The number of fused-ring (bicyclic) bond motifs is 2. The summed E-state index contributed by atoms with van der Waals surface area (Å²) in [6.07, 6.45) is 0. The maximum atomic E-state index is 12.6. The number of ketones is 5. The summed E-state index contributed by atoms with van der Waals surface area (Å²) >= 11 is 0. The Morgan fingerprint density at radius 1 is 0.400 bits per heavy atom. The van der Waals surface area contributed by atoms with E-state index in [2.05, 4.69) is 0 Å². The van der Waals surface area contributed by atoms with E-state index in [1.54, 1.807) is 72.8 Å². The number of benzene rings is 4. The molecule has 4 rings (SSSR count). The minimum atomic E-state index is -1.63. The first kappa shape index (κ1) is 19.1. The highest BCUT2D eigenvalue weighted by Crippen LogP contribution is 2.21. The van der Waals surface area contributed by atoms with Crippen molar-refractivity contribution in [2.45, 2.75) is 0 Å². The maximum absolute atomic E-state index is 12.6. The average molecular weight is 394 g/mol. The molecule has 5 heteroatoms. The third kappa shape index (κ3) is 3.22. The van der Waals surface area contributed by atoms with Gasteiger partial charge in [-0.05, 0) is 21.5 Å². The minimum Gasteiger partial charge on any atom is -0.285 e.